The zero-order valence-electron chi connectivity index (χ0n) is 12.7. The monoisotopic (exact) mass is 297 g/mol. The van der Waals surface area contributed by atoms with Gasteiger partial charge in [-0.2, -0.15) is 0 Å². The maximum Gasteiger partial charge on any atom is 0.335 e. The van der Waals surface area contributed by atoms with E-state index in [9.17, 15) is 4.79 Å². The number of carbonyl (C=O) groups is 1. The van der Waals surface area contributed by atoms with Crippen LogP contribution in [0.5, 0.6) is 5.75 Å². The van der Waals surface area contributed by atoms with Crippen molar-refractivity contribution in [2.45, 2.75) is 0 Å². The minimum Gasteiger partial charge on any atom is -0.497 e. The highest BCUT2D eigenvalue weighted by molar-refractivity contribution is 5.94. The molecule has 0 fully saturated rings. The second-order valence-corrected chi connectivity index (χ2v) is 4.65. The molecule has 4 heteroatoms. The van der Waals surface area contributed by atoms with Crippen LogP contribution in [0.3, 0.4) is 0 Å². The Labute approximate surface area is 130 Å². The van der Waals surface area contributed by atoms with Crippen molar-refractivity contribution in [3.8, 4) is 5.75 Å². The molecule has 0 atom stereocenters. The molecule has 1 N–H and O–H groups in total. The number of anilines is 1. The van der Waals surface area contributed by atoms with Crippen LogP contribution in [0.25, 0.3) is 6.08 Å². The lowest BCUT2D eigenvalue weighted by Crippen LogP contribution is -2.14. The number of nitrogens with one attached hydrogen (secondary N) is 1. The summed E-state index contributed by atoms with van der Waals surface area (Å²) in [6.07, 6.45) is 1.82. The third-order valence-corrected chi connectivity index (χ3v) is 3.16. The Balaban J connectivity index is 2.10. The molecule has 0 spiro atoms. The Morgan fingerprint density at radius 2 is 1.73 bits per heavy atom. The third-order valence-electron chi connectivity index (χ3n) is 3.16. The Bertz CT molecular complexity index is 633. The molecule has 0 saturated heterocycles. The minimum absolute atomic E-state index is 0.343. The van der Waals surface area contributed by atoms with Gasteiger partial charge >= 0.3 is 5.97 Å². The zero-order chi connectivity index (χ0) is 15.8. The van der Waals surface area contributed by atoms with Crippen molar-refractivity contribution < 1.29 is 14.3 Å². The number of ether oxygens (including phenoxy) is 2. The van der Waals surface area contributed by atoms with Crippen molar-refractivity contribution in [1.29, 1.82) is 0 Å². The molecular weight excluding hydrogens is 278 g/mol. The number of hydrogen-bond donors (Lipinski definition) is 1. The summed E-state index contributed by atoms with van der Waals surface area (Å²) in [6.45, 7) is 0.383. The summed E-state index contributed by atoms with van der Waals surface area (Å²) in [5, 5.41) is 3.21. The molecule has 2 aromatic rings. The molecule has 4 nitrogen and oxygen atoms in total. The van der Waals surface area contributed by atoms with E-state index in [2.05, 4.69) is 5.32 Å². The first-order valence-electron chi connectivity index (χ1n) is 6.95. The fraction of sp³-hybridized carbons (Fsp3) is 0.167. The molecule has 0 unspecified atom stereocenters. The van der Waals surface area contributed by atoms with Crippen LogP contribution in [0.1, 0.15) is 5.56 Å². The minimum atomic E-state index is -0.343. The summed E-state index contributed by atoms with van der Waals surface area (Å²) in [6, 6.07) is 17.2. The predicted octanol–water partition coefficient (Wildman–Crippen LogP) is 3.36. The quantitative estimate of drug-likeness (QED) is 0.656. The maximum absolute atomic E-state index is 11.9. The largest absolute Gasteiger partial charge is 0.497 e. The molecule has 0 saturated carbocycles. The van der Waals surface area contributed by atoms with Crippen molar-refractivity contribution in [2.75, 3.05) is 26.1 Å². The normalized spacial score (nSPS) is 10.9. The molecule has 2 rings (SSSR count). The van der Waals surface area contributed by atoms with E-state index >= 15 is 0 Å². The summed E-state index contributed by atoms with van der Waals surface area (Å²) in [5.41, 5.74) is 2.42. The third kappa shape index (κ3) is 4.38. The smallest absolute Gasteiger partial charge is 0.335 e. The molecule has 0 radical (unpaired) electrons. The Morgan fingerprint density at radius 1 is 1.05 bits per heavy atom. The first-order chi connectivity index (χ1) is 10.7. The standard InChI is InChI=1S/C18H19NO3/c1-21-17-10-8-16(9-11-17)19-13-15(18(20)22-2)12-14-6-4-3-5-7-14/h3-12,19H,13H2,1-2H3/b15-12-. The van der Waals surface area contributed by atoms with Crippen molar-refractivity contribution in [2.24, 2.45) is 0 Å². The van der Waals surface area contributed by atoms with E-state index in [0.29, 0.717) is 12.1 Å². The van der Waals surface area contributed by atoms with Gasteiger partial charge in [0.25, 0.3) is 0 Å². The number of hydrogen-bond acceptors (Lipinski definition) is 4. The lowest BCUT2D eigenvalue weighted by atomic mass is 10.1. The molecule has 0 aromatic heterocycles. The molecule has 0 aliphatic rings. The van der Waals surface area contributed by atoms with E-state index in [1.54, 1.807) is 7.11 Å². The van der Waals surface area contributed by atoms with Gasteiger partial charge in [-0.3, -0.25) is 0 Å². The SMILES string of the molecule is COC(=O)/C(=C\c1ccccc1)CNc1ccc(OC)cc1. The lowest BCUT2D eigenvalue weighted by molar-refractivity contribution is -0.135. The fourth-order valence-corrected chi connectivity index (χ4v) is 1.97. The van der Waals surface area contributed by atoms with E-state index in [-0.39, 0.29) is 5.97 Å². The molecule has 2 aromatic carbocycles. The highest BCUT2D eigenvalue weighted by Crippen LogP contribution is 2.16. The second-order valence-electron chi connectivity index (χ2n) is 4.65. The average Bonchev–Trinajstić information content (AvgIpc) is 2.59. The van der Waals surface area contributed by atoms with E-state index in [1.807, 2.05) is 60.7 Å². The molecule has 0 heterocycles. The second kappa shape index (κ2) is 7.88. The maximum atomic E-state index is 11.9. The fourth-order valence-electron chi connectivity index (χ4n) is 1.97. The van der Waals surface area contributed by atoms with E-state index in [0.717, 1.165) is 17.0 Å². The first-order valence-corrected chi connectivity index (χ1v) is 6.95. The Morgan fingerprint density at radius 3 is 2.32 bits per heavy atom. The van der Waals surface area contributed by atoms with Crippen LogP contribution in [0.15, 0.2) is 60.2 Å². The topological polar surface area (TPSA) is 47.6 Å². The van der Waals surface area contributed by atoms with Gasteiger partial charge in [-0.15, -0.1) is 0 Å². The highest BCUT2D eigenvalue weighted by atomic mass is 16.5. The van der Waals surface area contributed by atoms with Gasteiger partial charge in [0, 0.05) is 12.2 Å². The van der Waals surface area contributed by atoms with Gasteiger partial charge < -0.3 is 14.8 Å². The van der Waals surface area contributed by atoms with Gasteiger partial charge in [-0.05, 0) is 35.9 Å². The molecule has 22 heavy (non-hydrogen) atoms. The van der Waals surface area contributed by atoms with Gasteiger partial charge in [0.05, 0.1) is 19.8 Å². The van der Waals surface area contributed by atoms with Gasteiger partial charge in [-0.25, -0.2) is 4.79 Å². The van der Waals surface area contributed by atoms with E-state index in [1.165, 1.54) is 7.11 Å². The van der Waals surface area contributed by atoms with Crippen LogP contribution in [0.2, 0.25) is 0 Å². The van der Waals surface area contributed by atoms with Crippen LogP contribution in [-0.4, -0.2) is 26.7 Å². The summed E-state index contributed by atoms with van der Waals surface area (Å²) in [4.78, 5) is 11.9. The average molecular weight is 297 g/mol. The number of carbonyl (C=O) groups excluding carboxylic acids is 1. The summed E-state index contributed by atoms with van der Waals surface area (Å²) in [7, 11) is 3.01. The molecule has 0 aliphatic carbocycles. The highest BCUT2D eigenvalue weighted by Gasteiger charge is 2.09. The summed E-state index contributed by atoms with van der Waals surface area (Å²) < 4.78 is 9.96. The van der Waals surface area contributed by atoms with Crippen LogP contribution in [-0.2, 0) is 9.53 Å². The summed E-state index contributed by atoms with van der Waals surface area (Å²) in [5.74, 6) is 0.448. The van der Waals surface area contributed by atoms with Crippen molar-refractivity contribution in [3.63, 3.8) is 0 Å². The van der Waals surface area contributed by atoms with Gasteiger partial charge in [0.1, 0.15) is 5.75 Å². The number of methoxy groups -OCH3 is 2. The van der Waals surface area contributed by atoms with Crippen LogP contribution >= 0.6 is 0 Å². The molecular formula is C18H19NO3. The Hall–Kier alpha value is -2.75. The van der Waals surface area contributed by atoms with E-state index < -0.39 is 0 Å². The van der Waals surface area contributed by atoms with Gasteiger partial charge in [0.15, 0.2) is 0 Å². The lowest BCUT2D eigenvalue weighted by Gasteiger charge is -2.10. The van der Waals surface area contributed by atoms with Crippen molar-refractivity contribution in [1.82, 2.24) is 0 Å². The molecule has 114 valence electrons. The van der Waals surface area contributed by atoms with Crippen molar-refractivity contribution >= 4 is 17.7 Å². The van der Waals surface area contributed by atoms with Crippen LogP contribution < -0.4 is 10.1 Å². The first kappa shape index (κ1) is 15.6. The number of esters is 1. The predicted molar refractivity (Wildman–Crippen MR) is 87.9 cm³/mol. The molecule has 0 amide bonds. The number of benzene rings is 2. The zero-order valence-corrected chi connectivity index (χ0v) is 12.7. The Kier molecular flexibility index (Phi) is 5.60. The number of rotatable bonds is 6. The molecule has 0 bridgehead atoms. The van der Waals surface area contributed by atoms with Gasteiger partial charge in [-0.1, -0.05) is 30.3 Å². The molecule has 0 aliphatic heterocycles. The summed E-state index contributed by atoms with van der Waals surface area (Å²) >= 11 is 0. The van der Waals surface area contributed by atoms with E-state index in [4.69, 9.17) is 9.47 Å². The van der Waals surface area contributed by atoms with Crippen LogP contribution in [0, 0.1) is 0 Å². The van der Waals surface area contributed by atoms with Crippen molar-refractivity contribution in [3.05, 3.63) is 65.7 Å². The van der Waals surface area contributed by atoms with Gasteiger partial charge in [0.2, 0.25) is 0 Å². The van der Waals surface area contributed by atoms with Crippen LogP contribution in [0.4, 0.5) is 5.69 Å².